The van der Waals surface area contributed by atoms with Crippen LogP contribution in [-0.4, -0.2) is 25.9 Å². The molecule has 5 aliphatic carbocycles. The molecule has 0 aliphatic heterocycles. The predicted octanol–water partition coefficient (Wildman–Crippen LogP) is 4.17. The predicted molar refractivity (Wildman–Crippen MR) is 118 cm³/mol. The van der Waals surface area contributed by atoms with Gasteiger partial charge in [-0.1, -0.05) is 17.7 Å². The minimum absolute atomic E-state index is 0.0243. The van der Waals surface area contributed by atoms with E-state index >= 15 is 0 Å². The molecule has 0 saturated heterocycles. The maximum atomic E-state index is 13.3. The lowest BCUT2D eigenvalue weighted by Gasteiger charge is -2.59. The van der Waals surface area contributed by atoms with Gasteiger partial charge in [-0.05, 0) is 93.2 Å². The van der Waals surface area contributed by atoms with Gasteiger partial charge in [-0.25, -0.2) is 8.42 Å². The molecule has 0 radical (unpaired) electrons. The van der Waals surface area contributed by atoms with E-state index in [-0.39, 0.29) is 27.8 Å². The number of carbonyl (C=O) groups is 2. The zero-order chi connectivity index (χ0) is 22.0. The summed E-state index contributed by atoms with van der Waals surface area (Å²) in [5, 5.41) is 0.397. The summed E-state index contributed by atoms with van der Waals surface area (Å²) in [7, 11) is -3.46. The third kappa shape index (κ3) is 3.74. The Hall–Kier alpha value is -1.40. The summed E-state index contributed by atoms with van der Waals surface area (Å²) < 4.78 is 25.5. The van der Waals surface area contributed by atoms with Crippen LogP contribution in [0.4, 0.5) is 0 Å². The van der Waals surface area contributed by atoms with Crippen molar-refractivity contribution in [2.75, 3.05) is 5.75 Å². The van der Waals surface area contributed by atoms with Gasteiger partial charge in [0.15, 0.2) is 9.84 Å². The monoisotopic (exact) mass is 463 g/mol. The molecule has 0 heterocycles. The molecule has 168 valence electrons. The fourth-order valence-electron chi connectivity index (χ4n) is 7.12. The second kappa shape index (κ2) is 7.31. The SMILES string of the molecule is NC(=O)C12CC3CC(C1)C(CC(=O)C1(CCS(=O)(=O)c4cccc(Cl)c4)CC1)C(C3)C2. The molecule has 1 amide bonds. The van der Waals surface area contributed by atoms with Crippen LogP contribution in [-0.2, 0) is 19.4 Å². The van der Waals surface area contributed by atoms with Crippen LogP contribution >= 0.6 is 11.6 Å². The van der Waals surface area contributed by atoms with Crippen molar-refractivity contribution in [2.24, 2.45) is 40.2 Å². The average molecular weight is 464 g/mol. The number of halogens is 1. The van der Waals surface area contributed by atoms with Crippen LogP contribution in [0, 0.1) is 34.5 Å². The Morgan fingerprint density at radius 2 is 1.77 bits per heavy atom. The van der Waals surface area contributed by atoms with Crippen molar-refractivity contribution in [1.82, 2.24) is 0 Å². The zero-order valence-electron chi connectivity index (χ0n) is 17.7. The maximum absolute atomic E-state index is 13.3. The van der Waals surface area contributed by atoms with E-state index < -0.39 is 15.3 Å². The molecule has 6 rings (SSSR count). The van der Waals surface area contributed by atoms with Crippen molar-refractivity contribution in [3.8, 4) is 0 Å². The van der Waals surface area contributed by atoms with Gasteiger partial charge in [0, 0.05) is 22.3 Å². The molecule has 2 unspecified atom stereocenters. The van der Waals surface area contributed by atoms with E-state index in [2.05, 4.69) is 0 Å². The van der Waals surface area contributed by atoms with Crippen LogP contribution in [0.1, 0.15) is 57.8 Å². The summed E-state index contributed by atoms with van der Waals surface area (Å²) in [6.45, 7) is 0. The average Bonchev–Trinajstić information content (AvgIpc) is 3.50. The molecule has 1 aromatic carbocycles. The van der Waals surface area contributed by atoms with Gasteiger partial charge in [0.2, 0.25) is 5.91 Å². The van der Waals surface area contributed by atoms with E-state index in [0.29, 0.717) is 41.5 Å². The number of benzene rings is 1. The molecule has 0 spiro atoms. The van der Waals surface area contributed by atoms with E-state index in [9.17, 15) is 18.0 Å². The Kier molecular flexibility index (Phi) is 5.06. The van der Waals surface area contributed by atoms with Crippen LogP contribution in [0.2, 0.25) is 5.02 Å². The van der Waals surface area contributed by atoms with Crippen LogP contribution in [0.15, 0.2) is 29.2 Å². The lowest BCUT2D eigenvalue weighted by molar-refractivity contribution is -0.152. The summed E-state index contributed by atoms with van der Waals surface area (Å²) in [5.41, 5.74) is 4.98. The molecule has 31 heavy (non-hydrogen) atoms. The molecular formula is C24H30ClNO4S. The molecule has 4 bridgehead atoms. The quantitative estimate of drug-likeness (QED) is 0.625. The first-order chi connectivity index (χ1) is 14.6. The molecule has 5 nitrogen and oxygen atoms in total. The molecule has 2 atom stereocenters. The highest BCUT2D eigenvalue weighted by atomic mass is 35.5. The van der Waals surface area contributed by atoms with E-state index in [1.165, 1.54) is 6.07 Å². The third-order valence-corrected chi connectivity index (χ3v) is 10.8. The fraction of sp³-hybridized carbons (Fsp3) is 0.667. The first-order valence-corrected chi connectivity index (χ1v) is 13.5. The number of nitrogens with two attached hydrogens (primary N) is 1. The number of amides is 1. The van der Waals surface area contributed by atoms with E-state index in [0.717, 1.165) is 44.9 Å². The fourth-order valence-corrected chi connectivity index (χ4v) is 8.86. The van der Waals surface area contributed by atoms with Gasteiger partial charge in [0.25, 0.3) is 0 Å². The molecule has 5 aliphatic rings. The lowest BCUT2D eigenvalue weighted by atomic mass is 9.45. The number of rotatable bonds is 8. The van der Waals surface area contributed by atoms with Gasteiger partial charge in [0.05, 0.1) is 10.6 Å². The molecule has 7 heteroatoms. The highest BCUT2D eigenvalue weighted by Gasteiger charge is 2.59. The summed E-state index contributed by atoms with van der Waals surface area (Å²) in [4.78, 5) is 25.7. The van der Waals surface area contributed by atoms with Gasteiger partial charge in [-0.15, -0.1) is 0 Å². The smallest absolute Gasteiger partial charge is 0.223 e. The number of hydrogen-bond acceptors (Lipinski definition) is 4. The van der Waals surface area contributed by atoms with Crippen LogP contribution < -0.4 is 5.73 Å². The molecule has 5 saturated carbocycles. The van der Waals surface area contributed by atoms with Gasteiger partial charge in [0.1, 0.15) is 5.78 Å². The summed E-state index contributed by atoms with van der Waals surface area (Å²) in [6.07, 6.45) is 7.32. The van der Waals surface area contributed by atoms with Crippen molar-refractivity contribution in [3.63, 3.8) is 0 Å². The van der Waals surface area contributed by atoms with Gasteiger partial charge >= 0.3 is 0 Å². The van der Waals surface area contributed by atoms with Crippen molar-refractivity contribution in [3.05, 3.63) is 29.3 Å². The maximum Gasteiger partial charge on any atom is 0.223 e. The molecule has 0 aromatic heterocycles. The molecule has 2 N–H and O–H groups in total. The number of ketones is 1. The minimum Gasteiger partial charge on any atom is -0.369 e. The molecule has 5 fully saturated rings. The van der Waals surface area contributed by atoms with Crippen LogP contribution in [0.3, 0.4) is 0 Å². The first-order valence-electron chi connectivity index (χ1n) is 11.4. The van der Waals surface area contributed by atoms with E-state index in [4.69, 9.17) is 17.3 Å². The Balaban J connectivity index is 1.25. The van der Waals surface area contributed by atoms with E-state index in [1.54, 1.807) is 18.2 Å². The lowest BCUT2D eigenvalue weighted by Crippen LogP contribution is -2.56. The minimum atomic E-state index is -3.46. The Bertz CT molecular complexity index is 1020. The van der Waals surface area contributed by atoms with Gasteiger partial charge in [-0.3, -0.25) is 9.59 Å². The zero-order valence-corrected chi connectivity index (χ0v) is 19.3. The number of sulfone groups is 1. The van der Waals surface area contributed by atoms with Gasteiger partial charge < -0.3 is 5.73 Å². The summed E-state index contributed by atoms with van der Waals surface area (Å²) in [5.74, 6) is 1.79. The number of hydrogen-bond donors (Lipinski definition) is 1. The van der Waals surface area contributed by atoms with Crippen LogP contribution in [0.25, 0.3) is 0 Å². The van der Waals surface area contributed by atoms with Crippen molar-refractivity contribution in [2.45, 2.75) is 62.7 Å². The second-order valence-corrected chi connectivity index (χ2v) is 13.3. The Morgan fingerprint density at radius 3 is 2.35 bits per heavy atom. The Morgan fingerprint density at radius 1 is 1.10 bits per heavy atom. The Labute approximate surface area is 189 Å². The topological polar surface area (TPSA) is 94.3 Å². The second-order valence-electron chi connectivity index (χ2n) is 10.7. The number of carbonyl (C=O) groups excluding carboxylic acids is 2. The molecule has 1 aromatic rings. The molecular weight excluding hydrogens is 434 g/mol. The number of primary amides is 1. The first kappa shape index (κ1) is 21.4. The van der Waals surface area contributed by atoms with Crippen molar-refractivity contribution < 1.29 is 18.0 Å². The van der Waals surface area contributed by atoms with Crippen molar-refractivity contribution >= 4 is 33.1 Å². The number of Topliss-reactive ketones (excluding diaryl/α,β-unsaturated/α-hetero) is 1. The highest BCUT2D eigenvalue weighted by molar-refractivity contribution is 7.91. The largest absolute Gasteiger partial charge is 0.369 e. The third-order valence-electron chi connectivity index (χ3n) is 8.86. The normalized spacial score (nSPS) is 35.1. The van der Waals surface area contributed by atoms with E-state index in [1.807, 2.05) is 0 Å². The van der Waals surface area contributed by atoms with Crippen molar-refractivity contribution in [1.29, 1.82) is 0 Å². The van der Waals surface area contributed by atoms with Gasteiger partial charge in [-0.2, -0.15) is 0 Å². The van der Waals surface area contributed by atoms with Crippen LogP contribution in [0.5, 0.6) is 0 Å². The standard InChI is InChI=1S/C24H30ClNO4S/c25-18-2-1-3-19(10-18)31(29,30)7-6-23(4-5-23)21(27)11-20-16-8-15-9-17(20)14-24(12-15,13-16)22(26)28/h1-3,10,15-17,20H,4-9,11-14H2,(H2,26,28). The summed E-state index contributed by atoms with van der Waals surface area (Å²) >= 11 is 5.95. The highest BCUT2D eigenvalue weighted by Crippen LogP contribution is 2.63. The summed E-state index contributed by atoms with van der Waals surface area (Å²) in [6, 6.07) is 6.32.